The van der Waals surface area contributed by atoms with E-state index in [9.17, 15) is 0 Å². The van der Waals surface area contributed by atoms with Gasteiger partial charge in [0.2, 0.25) is 0 Å². The smallest absolute Gasteiger partial charge is 0.119 e. The number of benzene rings is 1. The van der Waals surface area contributed by atoms with Crippen LogP contribution in [0.4, 0.5) is 0 Å². The molecule has 0 N–H and O–H groups in total. The van der Waals surface area contributed by atoms with E-state index in [1.165, 1.54) is 16.7 Å². The van der Waals surface area contributed by atoms with E-state index in [1.807, 2.05) is 0 Å². The van der Waals surface area contributed by atoms with Gasteiger partial charge in [-0.3, -0.25) is 0 Å². The Labute approximate surface area is 134 Å². The third-order valence-corrected chi connectivity index (χ3v) is 3.85. The summed E-state index contributed by atoms with van der Waals surface area (Å²) in [5.74, 6) is 0.963. The van der Waals surface area contributed by atoms with Crippen LogP contribution in [0.15, 0.2) is 35.9 Å². The summed E-state index contributed by atoms with van der Waals surface area (Å²) >= 11 is 0. The number of allylic oxidation sites excluding steroid dienone is 3. The van der Waals surface area contributed by atoms with Crippen molar-refractivity contribution in [3.05, 3.63) is 47.1 Å². The zero-order chi connectivity index (χ0) is 15.8. The monoisotopic (exact) mass is 301 g/mol. The summed E-state index contributed by atoms with van der Waals surface area (Å²) in [5.41, 5.74) is 3.93. The molecule has 1 aliphatic carbocycles. The minimum absolute atomic E-state index is 0.715. The highest BCUT2D eigenvalue weighted by atomic mass is 16.5. The Morgan fingerprint density at radius 2 is 2.05 bits per heavy atom. The van der Waals surface area contributed by atoms with Gasteiger partial charge >= 0.3 is 0 Å². The molecule has 3 nitrogen and oxygen atoms in total. The van der Waals surface area contributed by atoms with Crippen LogP contribution in [-0.4, -0.2) is 45.4 Å². The first-order valence-corrected chi connectivity index (χ1v) is 7.97. The molecule has 0 aromatic heterocycles. The van der Waals surface area contributed by atoms with Crippen LogP contribution in [-0.2, 0) is 11.2 Å². The molecule has 0 radical (unpaired) electrons. The van der Waals surface area contributed by atoms with E-state index in [0.717, 1.165) is 38.3 Å². The van der Waals surface area contributed by atoms with Crippen LogP contribution in [0.25, 0.3) is 6.08 Å². The first-order valence-electron chi connectivity index (χ1n) is 7.97. The maximum Gasteiger partial charge on any atom is 0.119 e. The fourth-order valence-corrected chi connectivity index (χ4v) is 2.56. The van der Waals surface area contributed by atoms with Gasteiger partial charge in [0.15, 0.2) is 0 Å². The zero-order valence-corrected chi connectivity index (χ0v) is 14.0. The summed E-state index contributed by atoms with van der Waals surface area (Å²) in [7, 11) is 3.86. The predicted molar refractivity (Wildman–Crippen MR) is 92.4 cm³/mol. The van der Waals surface area contributed by atoms with E-state index < -0.39 is 0 Å². The molecular formula is C19H27NO2. The number of fused-ring (bicyclic) bond motifs is 1. The number of methoxy groups -OCH3 is 1. The Hall–Kier alpha value is -1.58. The van der Waals surface area contributed by atoms with Gasteiger partial charge in [0, 0.05) is 26.8 Å². The number of hydrogen-bond acceptors (Lipinski definition) is 3. The van der Waals surface area contributed by atoms with Crippen LogP contribution < -0.4 is 4.74 Å². The van der Waals surface area contributed by atoms with E-state index in [0.29, 0.717) is 6.61 Å². The number of hydrogen-bond donors (Lipinski definition) is 0. The van der Waals surface area contributed by atoms with Crippen LogP contribution in [0.1, 0.15) is 24.5 Å². The van der Waals surface area contributed by atoms with Crippen LogP contribution in [0, 0.1) is 0 Å². The standard InChI is InChI=1S/C19H27NO2/c1-16-6-4-7-17-15-19(9-8-18(17)14-16)22-13-11-20(2)10-5-12-21-3/h4,6,8-9,14-15H,5,7,10-13H2,1-3H3. The molecule has 0 amide bonds. The Morgan fingerprint density at radius 3 is 2.86 bits per heavy atom. The van der Waals surface area contributed by atoms with Crippen molar-refractivity contribution in [1.29, 1.82) is 0 Å². The lowest BCUT2D eigenvalue weighted by Gasteiger charge is -2.17. The summed E-state index contributed by atoms with van der Waals surface area (Å²) in [6.07, 6.45) is 8.65. The molecule has 1 aromatic carbocycles. The van der Waals surface area contributed by atoms with Crippen molar-refractivity contribution in [3.63, 3.8) is 0 Å². The molecule has 22 heavy (non-hydrogen) atoms. The van der Waals surface area contributed by atoms with Crippen molar-refractivity contribution >= 4 is 6.08 Å². The Morgan fingerprint density at radius 1 is 1.18 bits per heavy atom. The number of ether oxygens (including phenoxy) is 2. The Kier molecular flexibility index (Phi) is 6.69. The van der Waals surface area contributed by atoms with Gasteiger partial charge in [-0.05, 0) is 50.1 Å². The fourth-order valence-electron chi connectivity index (χ4n) is 2.56. The van der Waals surface area contributed by atoms with Crippen LogP contribution in [0.3, 0.4) is 0 Å². The third kappa shape index (κ3) is 5.32. The van der Waals surface area contributed by atoms with Crippen molar-refractivity contribution in [2.45, 2.75) is 19.8 Å². The van der Waals surface area contributed by atoms with E-state index in [4.69, 9.17) is 9.47 Å². The molecule has 0 aliphatic heterocycles. The quantitative estimate of drug-likeness (QED) is 0.685. The van der Waals surface area contributed by atoms with Crippen molar-refractivity contribution in [2.24, 2.45) is 0 Å². The van der Waals surface area contributed by atoms with Gasteiger partial charge in [0.25, 0.3) is 0 Å². The van der Waals surface area contributed by atoms with E-state index >= 15 is 0 Å². The van der Waals surface area contributed by atoms with Gasteiger partial charge in [-0.1, -0.05) is 29.9 Å². The van der Waals surface area contributed by atoms with Gasteiger partial charge in [0.05, 0.1) is 0 Å². The summed E-state index contributed by atoms with van der Waals surface area (Å²) in [6, 6.07) is 6.39. The SMILES string of the molecule is COCCCN(C)CCOc1ccc2c(c1)CC=CC(C)=C2. The largest absolute Gasteiger partial charge is 0.492 e. The second kappa shape index (κ2) is 8.76. The molecule has 0 unspecified atom stereocenters. The highest BCUT2D eigenvalue weighted by molar-refractivity contribution is 5.61. The normalized spacial score (nSPS) is 13.7. The molecule has 0 saturated carbocycles. The third-order valence-electron chi connectivity index (χ3n) is 3.85. The minimum atomic E-state index is 0.715. The van der Waals surface area contributed by atoms with E-state index in [1.54, 1.807) is 7.11 Å². The van der Waals surface area contributed by atoms with Gasteiger partial charge in [-0.2, -0.15) is 0 Å². The summed E-state index contributed by atoms with van der Waals surface area (Å²) in [5, 5.41) is 0. The molecule has 0 bridgehead atoms. The number of rotatable bonds is 8. The van der Waals surface area contributed by atoms with Crippen molar-refractivity contribution < 1.29 is 9.47 Å². The van der Waals surface area contributed by atoms with Crippen LogP contribution in [0.2, 0.25) is 0 Å². The number of likely N-dealkylation sites (N-methyl/N-ethyl adjacent to an activating group) is 1. The Balaban J connectivity index is 1.82. The summed E-state index contributed by atoms with van der Waals surface area (Å²) in [4.78, 5) is 2.28. The predicted octanol–water partition coefficient (Wildman–Crippen LogP) is 3.55. The molecule has 0 saturated heterocycles. The van der Waals surface area contributed by atoms with Crippen molar-refractivity contribution in [1.82, 2.24) is 4.90 Å². The molecule has 0 heterocycles. The first kappa shape index (κ1) is 16.8. The lowest BCUT2D eigenvalue weighted by molar-refractivity contribution is 0.172. The molecule has 2 rings (SSSR count). The molecule has 120 valence electrons. The van der Waals surface area contributed by atoms with Gasteiger partial charge in [-0.25, -0.2) is 0 Å². The average molecular weight is 301 g/mol. The lowest BCUT2D eigenvalue weighted by Crippen LogP contribution is -2.26. The summed E-state index contributed by atoms with van der Waals surface area (Å²) < 4.78 is 11.0. The van der Waals surface area contributed by atoms with Crippen molar-refractivity contribution in [2.75, 3.05) is 40.5 Å². The van der Waals surface area contributed by atoms with Crippen LogP contribution >= 0.6 is 0 Å². The fraction of sp³-hybridized carbons (Fsp3) is 0.474. The number of nitrogens with zero attached hydrogens (tertiary/aromatic N) is 1. The van der Waals surface area contributed by atoms with Crippen molar-refractivity contribution in [3.8, 4) is 5.75 Å². The molecule has 1 aliphatic rings. The molecule has 0 fully saturated rings. The van der Waals surface area contributed by atoms with Gasteiger partial charge < -0.3 is 14.4 Å². The molecule has 0 atom stereocenters. The second-order valence-electron chi connectivity index (χ2n) is 5.85. The zero-order valence-electron chi connectivity index (χ0n) is 14.0. The van der Waals surface area contributed by atoms with E-state index in [2.05, 4.69) is 55.3 Å². The minimum Gasteiger partial charge on any atom is -0.492 e. The molecule has 0 spiro atoms. The highest BCUT2D eigenvalue weighted by Gasteiger charge is 2.05. The lowest BCUT2D eigenvalue weighted by atomic mass is 10.0. The molecule has 3 heteroatoms. The second-order valence-corrected chi connectivity index (χ2v) is 5.85. The summed E-state index contributed by atoms with van der Waals surface area (Å²) in [6.45, 7) is 5.63. The van der Waals surface area contributed by atoms with Crippen LogP contribution in [0.5, 0.6) is 5.75 Å². The molecule has 1 aromatic rings. The first-order chi connectivity index (χ1) is 10.7. The topological polar surface area (TPSA) is 21.7 Å². The average Bonchev–Trinajstić information content (AvgIpc) is 2.68. The van der Waals surface area contributed by atoms with Gasteiger partial charge in [0.1, 0.15) is 12.4 Å². The molecular weight excluding hydrogens is 274 g/mol. The van der Waals surface area contributed by atoms with E-state index in [-0.39, 0.29) is 0 Å². The maximum atomic E-state index is 5.90. The maximum absolute atomic E-state index is 5.90. The highest BCUT2D eigenvalue weighted by Crippen LogP contribution is 2.23. The van der Waals surface area contributed by atoms with Gasteiger partial charge in [-0.15, -0.1) is 0 Å². The Bertz CT molecular complexity index is 534.